The van der Waals surface area contributed by atoms with Crippen LogP contribution in [-0.4, -0.2) is 0 Å². The van der Waals surface area contributed by atoms with Gasteiger partial charge in [-0.3, -0.25) is 0 Å². The van der Waals surface area contributed by atoms with E-state index in [1.165, 1.54) is 17.4 Å². The summed E-state index contributed by atoms with van der Waals surface area (Å²) in [7, 11) is 0. The molecule has 6 heteroatoms. The van der Waals surface area contributed by atoms with Crippen LogP contribution in [0.4, 0.5) is 4.39 Å². The highest BCUT2D eigenvalue weighted by Crippen LogP contribution is 2.36. The maximum Gasteiger partial charge on any atom is 0.127 e. The Kier molecular flexibility index (Phi) is 4.83. The summed E-state index contributed by atoms with van der Waals surface area (Å²) in [6.45, 7) is 0. The van der Waals surface area contributed by atoms with E-state index in [-0.39, 0.29) is 11.9 Å². The molecule has 1 atom stereocenters. The molecule has 96 valence electrons. The van der Waals surface area contributed by atoms with Gasteiger partial charge in [-0.15, -0.1) is 11.3 Å². The van der Waals surface area contributed by atoms with Crippen molar-refractivity contribution in [2.24, 2.45) is 5.73 Å². The van der Waals surface area contributed by atoms with Crippen molar-refractivity contribution in [3.05, 3.63) is 53.8 Å². The normalized spacial score (nSPS) is 12.7. The van der Waals surface area contributed by atoms with Crippen LogP contribution in [0.1, 0.15) is 16.5 Å². The van der Waals surface area contributed by atoms with Crippen molar-refractivity contribution in [2.75, 3.05) is 0 Å². The second-order valence-electron chi connectivity index (χ2n) is 3.78. The van der Waals surface area contributed by atoms with E-state index in [4.69, 9.17) is 17.3 Å². The first kappa shape index (κ1) is 14.5. The molecule has 0 aliphatic carbocycles. The lowest BCUT2D eigenvalue weighted by molar-refractivity contribution is 0.595. The fraction of sp³-hybridized carbons (Fsp3) is 0.167. The quantitative estimate of drug-likeness (QED) is 0.725. The second-order valence-corrected chi connectivity index (χ2v) is 7.44. The molecule has 0 aliphatic rings. The average molecular weight is 414 g/mol. The van der Waals surface area contributed by atoms with Gasteiger partial charge in [-0.1, -0.05) is 17.7 Å². The molecule has 0 fully saturated rings. The Morgan fingerprint density at radius 3 is 2.67 bits per heavy atom. The molecule has 1 aromatic heterocycles. The Morgan fingerprint density at radius 1 is 1.39 bits per heavy atom. The van der Waals surface area contributed by atoms with E-state index < -0.39 is 0 Å². The molecule has 0 radical (unpaired) electrons. The lowest BCUT2D eigenvalue weighted by Gasteiger charge is -2.11. The van der Waals surface area contributed by atoms with Crippen molar-refractivity contribution in [3.8, 4) is 0 Å². The lowest BCUT2D eigenvalue weighted by atomic mass is 10.0. The van der Waals surface area contributed by atoms with Crippen molar-refractivity contribution in [3.63, 3.8) is 0 Å². The Balaban J connectivity index is 2.23. The Morgan fingerprint density at radius 2 is 2.11 bits per heavy atom. The first-order valence-corrected chi connectivity index (χ1v) is 7.90. The lowest BCUT2D eigenvalue weighted by Crippen LogP contribution is -2.13. The van der Waals surface area contributed by atoms with Crippen molar-refractivity contribution < 1.29 is 4.39 Å². The molecule has 0 spiro atoms. The molecule has 0 amide bonds. The van der Waals surface area contributed by atoms with Gasteiger partial charge in [0.2, 0.25) is 0 Å². The first-order valence-electron chi connectivity index (χ1n) is 5.12. The molecule has 0 saturated carbocycles. The summed E-state index contributed by atoms with van der Waals surface area (Å²) in [5.74, 6) is -0.312. The van der Waals surface area contributed by atoms with Crippen LogP contribution in [0.25, 0.3) is 0 Å². The highest BCUT2D eigenvalue weighted by Gasteiger charge is 2.16. The Hall–Kier alpha value is 0.0600. The largest absolute Gasteiger partial charge is 0.323 e. The van der Waals surface area contributed by atoms with E-state index in [1.807, 2.05) is 6.07 Å². The van der Waals surface area contributed by atoms with Gasteiger partial charge in [-0.05, 0) is 56.5 Å². The molecule has 1 unspecified atom stereocenters. The molecular formula is C12H9Br2ClFNS. The summed E-state index contributed by atoms with van der Waals surface area (Å²) in [5, 5.41) is 0.417. The van der Waals surface area contributed by atoms with E-state index in [0.717, 1.165) is 13.1 Å². The standard InChI is InChI=1S/C12H9Br2ClFNS/c13-7-5-11(18-12(7)14)10(17)4-6-8(15)2-1-3-9(6)16/h1-3,5,10H,4,17H2. The predicted octanol–water partition coefficient (Wildman–Crippen LogP) is 5.31. The van der Waals surface area contributed by atoms with Crippen LogP contribution in [-0.2, 0) is 6.42 Å². The SMILES string of the molecule is NC(Cc1c(F)cccc1Cl)c1cc(Br)c(Br)s1. The van der Waals surface area contributed by atoms with Gasteiger partial charge < -0.3 is 5.73 Å². The fourth-order valence-corrected chi connectivity index (χ4v) is 3.93. The second kappa shape index (κ2) is 6.01. The van der Waals surface area contributed by atoms with Gasteiger partial charge in [0.15, 0.2) is 0 Å². The van der Waals surface area contributed by atoms with Crippen molar-refractivity contribution in [1.29, 1.82) is 0 Å². The minimum absolute atomic E-state index is 0.271. The third-order valence-electron chi connectivity index (χ3n) is 2.52. The molecular weight excluding hydrogens is 404 g/mol. The first-order chi connectivity index (χ1) is 8.49. The number of hydrogen-bond acceptors (Lipinski definition) is 2. The monoisotopic (exact) mass is 411 g/mol. The fourth-order valence-electron chi connectivity index (χ4n) is 1.59. The van der Waals surface area contributed by atoms with Crippen molar-refractivity contribution >= 4 is 54.8 Å². The summed E-state index contributed by atoms with van der Waals surface area (Å²) >= 11 is 14.3. The van der Waals surface area contributed by atoms with Gasteiger partial charge in [-0.25, -0.2) is 4.39 Å². The third kappa shape index (κ3) is 3.14. The maximum absolute atomic E-state index is 13.7. The molecule has 0 aliphatic heterocycles. The average Bonchev–Trinajstić information content (AvgIpc) is 2.64. The Labute approximate surface area is 130 Å². The van der Waals surface area contributed by atoms with E-state index in [9.17, 15) is 4.39 Å². The third-order valence-corrected chi connectivity index (χ3v) is 6.26. The highest BCUT2D eigenvalue weighted by atomic mass is 79.9. The molecule has 2 rings (SSSR count). The van der Waals surface area contributed by atoms with Crippen LogP contribution in [0.3, 0.4) is 0 Å². The van der Waals surface area contributed by atoms with Crippen LogP contribution >= 0.6 is 54.8 Å². The van der Waals surface area contributed by atoms with Crippen molar-refractivity contribution in [1.82, 2.24) is 0 Å². The molecule has 1 aromatic carbocycles. The van der Waals surface area contributed by atoms with Gasteiger partial charge in [-0.2, -0.15) is 0 Å². The van der Waals surface area contributed by atoms with Crippen LogP contribution < -0.4 is 5.73 Å². The van der Waals surface area contributed by atoms with E-state index in [0.29, 0.717) is 17.0 Å². The van der Waals surface area contributed by atoms with Crippen LogP contribution in [0.2, 0.25) is 5.02 Å². The van der Waals surface area contributed by atoms with Crippen LogP contribution in [0.5, 0.6) is 0 Å². The number of hydrogen-bond donors (Lipinski definition) is 1. The smallest absolute Gasteiger partial charge is 0.127 e. The summed E-state index contributed by atoms with van der Waals surface area (Å²) in [6, 6.07) is 6.33. The molecule has 0 saturated heterocycles. The molecule has 2 aromatic rings. The minimum Gasteiger partial charge on any atom is -0.323 e. The summed E-state index contributed by atoms with van der Waals surface area (Å²) in [5.41, 5.74) is 6.56. The van der Waals surface area contributed by atoms with Crippen LogP contribution in [0, 0.1) is 5.82 Å². The summed E-state index contributed by atoms with van der Waals surface area (Å²) in [4.78, 5) is 0.980. The molecule has 18 heavy (non-hydrogen) atoms. The summed E-state index contributed by atoms with van der Waals surface area (Å²) in [6.07, 6.45) is 0.380. The van der Waals surface area contributed by atoms with E-state index in [2.05, 4.69) is 31.9 Å². The highest BCUT2D eigenvalue weighted by molar-refractivity contribution is 9.13. The van der Waals surface area contributed by atoms with E-state index >= 15 is 0 Å². The zero-order valence-electron chi connectivity index (χ0n) is 9.09. The molecule has 2 N–H and O–H groups in total. The minimum atomic E-state index is -0.312. The van der Waals surface area contributed by atoms with Crippen LogP contribution in [0.15, 0.2) is 32.5 Å². The molecule has 0 bridgehead atoms. The van der Waals surface area contributed by atoms with Gasteiger partial charge >= 0.3 is 0 Å². The Bertz CT molecular complexity index is 533. The zero-order chi connectivity index (χ0) is 13.3. The van der Waals surface area contributed by atoms with Gasteiger partial charge in [0.25, 0.3) is 0 Å². The number of nitrogens with two attached hydrogens (primary N) is 1. The number of halogens is 4. The van der Waals surface area contributed by atoms with Gasteiger partial charge in [0.05, 0.1) is 3.79 Å². The number of thiophene rings is 1. The number of rotatable bonds is 3. The number of benzene rings is 1. The topological polar surface area (TPSA) is 26.0 Å². The van der Waals surface area contributed by atoms with Gasteiger partial charge in [0, 0.05) is 26.0 Å². The summed E-state index contributed by atoms with van der Waals surface area (Å²) < 4.78 is 15.6. The van der Waals surface area contributed by atoms with E-state index in [1.54, 1.807) is 12.1 Å². The molecule has 1 nitrogen and oxygen atoms in total. The van der Waals surface area contributed by atoms with Gasteiger partial charge in [0.1, 0.15) is 5.82 Å². The zero-order valence-corrected chi connectivity index (χ0v) is 13.8. The predicted molar refractivity (Wildman–Crippen MR) is 81.8 cm³/mol. The molecule has 1 heterocycles. The maximum atomic E-state index is 13.7. The van der Waals surface area contributed by atoms with Crippen molar-refractivity contribution in [2.45, 2.75) is 12.5 Å².